The van der Waals surface area contributed by atoms with Crippen molar-refractivity contribution in [1.82, 2.24) is 9.88 Å². The molecule has 0 spiro atoms. The van der Waals surface area contributed by atoms with Crippen LogP contribution in [-0.2, 0) is 0 Å². The van der Waals surface area contributed by atoms with Gasteiger partial charge in [0.25, 0.3) is 5.91 Å². The summed E-state index contributed by atoms with van der Waals surface area (Å²) in [6.07, 6.45) is 1.53. The number of amides is 1. The van der Waals surface area contributed by atoms with Crippen LogP contribution in [0.15, 0.2) is 36.5 Å². The fourth-order valence-electron chi connectivity index (χ4n) is 2.18. The molecule has 0 aliphatic carbocycles. The van der Waals surface area contributed by atoms with Gasteiger partial charge in [-0.25, -0.2) is 0 Å². The molecule has 1 aromatic carbocycles. The monoisotopic (exact) mass is 285 g/mol. The van der Waals surface area contributed by atoms with Crippen molar-refractivity contribution in [2.24, 2.45) is 0 Å². The van der Waals surface area contributed by atoms with Gasteiger partial charge >= 0.3 is 0 Å². The molecule has 110 valence electrons. The number of nitrogens with zero attached hydrogens (tertiary/aromatic N) is 2. The molecule has 1 amide bonds. The van der Waals surface area contributed by atoms with E-state index in [-0.39, 0.29) is 17.7 Å². The summed E-state index contributed by atoms with van der Waals surface area (Å²) >= 11 is 0. The Hall–Kier alpha value is -2.56. The van der Waals surface area contributed by atoms with Crippen LogP contribution in [0.2, 0.25) is 0 Å². The number of hydrogen-bond acceptors (Lipinski definition) is 4. The third-order valence-electron chi connectivity index (χ3n) is 3.63. The molecule has 0 fully saturated rings. The summed E-state index contributed by atoms with van der Waals surface area (Å²) in [6.45, 7) is 3.63. The first-order valence-electron chi connectivity index (χ1n) is 6.69. The molecule has 2 aromatic rings. The SMILES string of the molecule is Cc1ncc(N)cc1C(=O)N(C)C(C)c1ccccc1O. The van der Waals surface area contributed by atoms with Crippen molar-refractivity contribution >= 4 is 11.6 Å². The molecular weight excluding hydrogens is 266 g/mol. The van der Waals surface area contributed by atoms with Gasteiger partial charge in [0.2, 0.25) is 0 Å². The Morgan fingerprint density at radius 1 is 1.38 bits per heavy atom. The van der Waals surface area contributed by atoms with Gasteiger partial charge in [-0.15, -0.1) is 0 Å². The molecule has 0 bridgehead atoms. The molecule has 0 saturated heterocycles. The van der Waals surface area contributed by atoms with Crippen molar-refractivity contribution in [3.05, 3.63) is 53.3 Å². The molecule has 21 heavy (non-hydrogen) atoms. The summed E-state index contributed by atoms with van der Waals surface area (Å²) in [5, 5.41) is 9.91. The van der Waals surface area contributed by atoms with Crippen LogP contribution in [0.25, 0.3) is 0 Å². The van der Waals surface area contributed by atoms with Crippen molar-refractivity contribution in [2.45, 2.75) is 19.9 Å². The van der Waals surface area contributed by atoms with E-state index in [4.69, 9.17) is 5.73 Å². The maximum atomic E-state index is 12.6. The topological polar surface area (TPSA) is 79.5 Å². The largest absolute Gasteiger partial charge is 0.508 e. The van der Waals surface area contributed by atoms with Gasteiger partial charge in [0.1, 0.15) is 5.75 Å². The van der Waals surface area contributed by atoms with E-state index in [1.165, 1.54) is 6.20 Å². The number of nitrogens with two attached hydrogens (primary N) is 1. The van der Waals surface area contributed by atoms with E-state index in [9.17, 15) is 9.90 Å². The van der Waals surface area contributed by atoms with Crippen molar-refractivity contribution in [1.29, 1.82) is 0 Å². The van der Waals surface area contributed by atoms with E-state index in [0.717, 1.165) is 0 Å². The fourth-order valence-corrected chi connectivity index (χ4v) is 2.18. The van der Waals surface area contributed by atoms with Crippen molar-refractivity contribution in [2.75, 3.05) is 12.8 Å². The normalized spacial score (nSPS) is 12.0. The van der Waals surface area contributed by atoms with Gasteiger partial charge in [-0.2, -0.15) is 0 Å². The summed E-state index contributed by atoms with van der Waals surface area (Å²) in [7, 11) is 1.70. The molecule has 3 N–H and O–H groups in total. The first-order chi connectivity index (χ1) is 9.91. The average molecular weight is 285 g/mol. The average Bonchev–Trinajstić information content (AvgIpc) is 2.48. The quantitative estimate of drug-likeness (QED) is 0.908. The van der Waals surface area contributed by atoms with E-state index in [2.05, 4.69) is 4.98 Å². The van der Waals surface area contributed by atoms with E-state index >= 15 is 0 Å². The molecule has 1 heterocycles. The van der Waals surface area contributed by atoms with Gasteiger partial charge in [-0.05, 0) is 26.0 Å². The Bertz CT molecular complexity index is 670. The van der Waals surface area contributed by atoms with Gasteiger partial charge in [0.05, 0.1) is 29.2 Å². The molecule has 0 aliphatic rings. The zero-order valence-corrected chi connectivity index (χ0v) is 12.4. The molecule has 0 saturated carbocycles. The smallest absolute Gasteiger partial charge is 0.256 e. The number of para-hydroxylation sites is 1. The lowest BCUT2D eigenvalue weighted by Gasteiger charge is -2.26. The lowest BCUT2D eigenvalue weighted by molar-refractivity contribution is 0.0740. The number of phenolic OH excluding ortho intramolecular Hbond substituents is 1. The van der Waals surface area contributed by atoms with Crippen molar-refractivity contribution < 1.29 is 9.90 Å². The van der Waals surface area contributed by atoms with E-state index in [1.54, 1.807) is 43.1 Å². The van der Waals surface area contributed by atoms with Crippen LogP contribution in [0.1, 0.15) is 34.6 Å². The lowest BCUT2D eigenvalue weighted by atomic mass is 10.0. The number of rotatable bonds is 3. The Morgan fingerprint density at radius 3 is 2.71 bits per heavy atom. The number of aromatic hydroxyl groups is 1. The van der Waals surface area contributed by atoms with E-state index in [0.29, 0.717) is 22.5 Å². The second-order valence-corrected chi connectivity index (χ2v) is 5.05. The Balaban J connectivity index is 2.31. The number of anilines is 1. The highest BCUT2D eigenvalue weighted by molar-refractivity contribution is 5.96. The van der Waals surface area contributed by atoms with Gasteiger partial charge in [-0.3, -0.25) is 9.78 Å². The molecule has 1 aromatic heterocycles. The molecule has 0 radical (unpaired) electrons. The molecular formula is C16H19N3O2. The highest BCUT2D eigenvalue weighted by Gasteiger charge is 2.22. The molecule has 5 nitrogen and oxygen atoms in total. The fraction of sp³-hybridized carbons (Fsp3) is 0.250. The standard InChI is InChI=1S/C16H19N3O2/c1-10-14(8-12(17)9-18-10)16(21)19(3)11(2)13-6-4-5-7-15(13)20/h4-9,11,20H,17H2,1-3H3. The molecule has 1 unspecified atom stereocenters. The minimum Gasteiger partial charge on any atom is -0.508 e. The van der Waals surface area contributed by atoms with E-state index in [1.807, 2.05) is 13.0 Å². The maximum Gasteiger partial charge on any atom is 0.256 e. The van der Waals surface area contributed by atoms with Crippen LogP contribution in [-0.4, -0.2) is 27.9 Å². The predicted octanol–water partition coefficient (Wildman–Crippen LogP) is 2.51. The van der Waals surface area contributed by atoms with Crippen LogP contribution in [0.4, 0.5) is 5.69 Å². The number of benzene rings is 1. The summed E-state index contributed by atoms with van der Waals surface area (Å²) in [5.74, 6) is -0.00451. The van der Waals surface area contributed by atoms with Gasteiger partial charge in [0.15, 0.2) is 0 Å². The number of carbonyl (C=O) groups is 1. The van der Waals surface area contributed by atoms with Crippen LogP contribution in [0.3, 0.4) is 0 Å². The van der Waals surface area contributed by atoms with Crippen LogP contribution < -0.4 is 5.73 Å². The number of phenols is 1. The molecule has 1 atom stereocenters. The number of carbonyl (C=O) groups excluding carboxylic acids is 1. The van der Waals surface area contributed by atoms with Crippen molar-refractivity contribution in [3.63, 3.8) is 0 Å². The highest BCUT2D eigenvalue weighted by atomic mass is 16.3. The second kappa shape index (κ2) is 5.83. The van der Waals surface area contributed by atoms with Crippen LogP contribution in [0.5, 0.6) is 5.75 Å². The lowest BCUT2D eigenvalue weighted by Crippen LogP contribution is -2.30. The first kappa shape index (κ1) is 14.8. The summed E-state index contributed by atoms with van der Waals surface area (Å²) < 4.78 is 0. The number of aryl methyl sites for hydroxylation is 1. The predicted molar refractivity (Wildman–Crippen MR) is 82.0 cm³/mol. The number of pyridine rings is 1. The van der Waals surface area contributed by atoms with Gasteiger partial charge in [-0.1, -0.05) is 18.2 Å². The van der Waals surface area contributed by atoms with Gasteiger partial charge in [0, 0.05) is 12.6 Å². The second-order valence-electron chi connectivity index (χ2n) is 5.05. The summed E-state index contributed by atoms with van der Waals surface area (Å²) in [6, 6.07) is 8.35. The Kier molecular flexibility index (Phi) is 4.12. The number of nitrogen functional groups attached to an aromatic ring is 1. The zero-order chi connectivity index (χ0) is 15.6. The molecule has 5 heteroatoms. The highest BCUT2D eigenvalue weighted by Crippen LogP contribution is 2.28. The number of aromatic nitrogens is 1. The minimum absolute atomic E-state index is 0.173. The van der Waals surface area contributed by atoms with E-state index < -0.39 is 0 Å². The molecule has 0 aliphatic heterocycles. The van der Waals surface area contributed by atoms with Crippen LogP contribution in [0, 0.1) is 6.92 Å². The molecule has 2 rings (SSSR count). The number of hydrogen-bond donors (Lipinski definition) is 2. The Labute approximate surface area is 124 Å². The zero-order valence-electron chi connectivity index (χ0n) is 12.4. The minimum atomic E-state index is -0.264. The maximum absolute atomic E-state index is 12.6. The van der Waals surface area contributed by atoms with Crippen molar-refractivity contribution in [3.8, 4) is 5.75 Å². The third kappa shape index (κ3) is 2.97. The summed E-state index contributed by atoms with van der Waals surface area (Å²) in [4.78, 5) is 18.3. The first-order valence-corrected chi connectivity index (χ1v) is 6.69. The van der Waals surface area contributed by atoms with Crippen LogP contribution >= 0.6 is 0 Å². The third-order valence-corrected chi connectivity index (χ3v) is 3.63. The summed E-state index contributed by atoms with van der Waals surface area (Å²) in [5.41, 5.74) is 7.95. The van der Waals surface area contributed by atoms with Gasteiger partial charge < -0.3 is 15.7 Å². The Morgan fingerprint density at radius 2 is 2.05 bits per heavy atom.